The van der Waals surface area contributed by atoms with Crippen molar-refractivity contribution < 1.29 is 0 Å². The van der Waals surface area contributed by atoms with Crippen molar-refractivity contribution in [3.63, 3.8) is 0 Å². The van der Waals surface area contributed by atoms with Crippen LogP contribution in [0.4, 0.5) is 0 Å². The van der Waals surface area contributed by atoms with Gasteiger partial charge in [0.1, 0.15) is 0 Å². The zero-order valence-electron chi connectivity index (χ0n) is 24.9. The van der Waals surface area contributed by atoms with E-state index in [4.69, 9.17) is 0 Å². The smallest absolute Gasteiger partial charge is 0.0641 e. The van der Waals surface area contributed by atoms with Crippen molar-refractivity contribution in [1.82, 2.24) is 9.13 Å². The maximum atomic E-state index is 2.50. The highest BCUT2D eigenvalue weighted by Gasteiger charge is 2.25. The summed E-state index contributed by atoms with van der Waals surface area (Å²) in [5.74, 6) is 0. The van der Waals surface area contributed by atoms with Gasteiger partial charge in [-0.2, -0.15) is 0 Å². The molecule has 0 bridgehead atoms. The molecule has 0 unspecified atom stereocenters. The molecule has 0 atom stereocenters. The fourth-order valence-corrected chi connectivity index (χ4v) is 8.42. The number of aromatic nitrogens is 2. The molecular formula is C44H26N2. The Hall–Kier alpha value is -6.12. The maximum absolute atomic E-state index is 2.50. The van der Waals surface area contributed by atoms with E-state index in [2.05, 4.69) is 167 Å². The standard InChI is InChI=1S/C44H26N2/c1-2-12-28(13-3-1)45-39-24-21-27-11-4-5-14-29(27)42(39)36-23-26-40-43(44(36)45)35-17-8-9-20-37(35)46(40)38-25-22-33-31-16-7-6-15-30(31)32-18-10-19-34(38)41(32)33/h1-26H. The van der Waals surface area contributed by atoms with Crippen molar-refractivity contribution in [1.29, 1.82) is 0 Å². The second kappa shape index (κ2) is 8.74. The molecule has 0 saturated carbocycles. The molecule has 0 fully saturated rings. The molecule has 0 amide bonds. The van der Waals surface area contributed by atoms with Gasteiger partial charge in [0.15, 0.2) is 0 Å². The molecule has 11 rings (SSSR count). The Labute approximate surface area is 265 Å². The second-order valence-electron chi connectivity index (χ2n) is 12.5. The molecule has 10 aromatic rings. The first-order chi connectivity index (χ1) is 22.9. The zero-order chi connectivity index (χ0) is 29.9. The highest BCUT2D eigenvalue weighted by Crippen LogP contribution is 2.50. The monoisotopic (exact) mass is 582 g/mol. The Morgan fingerprint density at radius 1 is 0.304 bits per heavy atom. The summed E-state index contributed by atoms with van der Waals surface area (Å²) in [6, 6.07) is 58.1. The first-order valence-corrected chi connectivity index (χ1v) is 16.0. The van der Waals surface area contributed by atoms with Crippen molar-refractivity contribution >= 4 is 65.2 Å². The normalized spacial score (nSPS) is 12.3. The molecule has 1 aliphatic rings. The van der Waals surface area contributed by atoms with Crippen LogP contribution >= 0.6 is 0 Å². The van der Waals surface area contributed by atoms with Gasteiger partial charge in [-0.3, -0.25) is 0 Å². The summed E-state index contributed by atoms with van der Waals surface area (Å²) in [6.07, 6.45) is 0. The van der Waals surface area contributed by atoms with Gasteiger partial charge in [-0.15, -0.1) is 0 Å². The van der Waals surface area contributed by atoms with Crippen LogP contribution in [0, 0.1) is 0 Å². The molecule has 1 aliphatic carbocycles. The molecule has 0 aliphatic heterocycles. The van der Waals surface area contributed by atoms with Crippen molar-refractivity contribution in [2.75, 3.05) is 0 Å². The molecule has 2 aromatic heterocycles. The number of para-hydroxylation sites is 2. The minimum Gasteiger partial charge on any atom is -0.309 e. The Kier molecular flexibility index (Phi) is 4.61. The van der Waals surface area contributed by atoms with Crippen LogP contribution in [-0.4, -0.2) is 9.13 Å². The van der Waals surface area contributed by atoms with Crippen LogP contribution in [0.2, 0.25) is 0 Å². The van der Waals surface area contributed by atoms with E-state index in [-0.39, 0.29) is 0 Å². The van der Waals surface area contributed by atoms with E-state index in [1.54, 1.807) is 0 Å². The van der Waals surface area contributed by atoms with Gasteiger partial charge in [-0.1, -0.05) is 121 Å². The van der Waals surface area contributed by atoms with Crippen molar-refractivity contribution in [2.45, 2.75) is 0 Å². The molecule has 8 aromatic carbocycles. The van der Waals surface area contributed by atoms with Gasteiger partial charge < -0.3 is 9.13 Å². The third-order valence-electron chi connectivity index (χ3n) is 10.2. The third kappa shape index (κ3) is 2.96. The summed E-state index contributed by atoms with van der Waals surface area (Å²) in [4.78, 5) is 0. The molecule has 0 radical (unpaired) electrons. The first-order valence-electron chi connectivity index (χ1n) is 16.0. The number of hydrogen-bond donors (Lipinski definition) is 0. The van der Waals surface area contributed by atoms with Crippen LogP contribution in [0.15, 0.2) is 158 Å². The topological polar surface area (TPSA) is 9.86 Å². The van der Waals surface area contributed by atoms with Gasteiger partial charge in [0, 0.05) is 32.6 Å². The molecule has 0 spiro atoms. The van der Waals surface area contributed by atoms with Crippen LogP contribution in [0.5, 0.6) is 0 Å². The van der Waals surface area contributed by atoms with Gasteiger partial charge in [-0.05, 0) is 74.8 Å². The molecule has 0 saturated heterocycles. The SMILES string of the molecule is c1ccc(-n2c3ccc4ccccc4c3c3ccc4c(c5ccccc5n4-c4ccc5c6c(cccc46)-c4ccccc4-5)c32)cc1. The average Bonchev–Trinajstić information content (AvgIpc) is 3.76. The summed E-state index contributed by atoms with van der Waals surface area (Å²) in [5, 5.41) is 10.3. The Morgan fingerprint density at radius 3 is 1.83 bits per heavy atom. The zero-order valence-corrected chi connectivity index (χ0v) is 24.9. The number of hydrogen-bond acceptors (Lipinski definition) is 0. The number of rotatable bonds is 2. The first kappa shape index (κ1) is 24.2. The molecular weight excluding hydrogens is 556 g/mol. The molecule has 2 heteroatoms. The lowest BCUT2D eigenvalue weighted by Gasteiger charge is -2.13. The van der Waals surface area contributed by atoms with Crippen molar-refractivity contribution in [3.05, 3.63) is 158 Å². The Bertz CT molecular complexity index is 2870. The Morgan fingerprint density at radius 2 is 0.957 bits per heavy atom. The largest absolute Gasteiger partial charge is 0.309 e. The van der Waals surface area contributed by atoms with Gasteiger partial charge >= 0.3 is 0 Å². The average molecular weight is 583 g/mol. The molecule has 46 heavy (non-hydrogen) atoms. The molecule has 2 heterocycles. The lowest BCUT2D eigenvalue weighted by molar-refractivity contribution is 1.18. The van der Waals surface area contributed by atoms with Crippen molar-refractivity contribution in [3.8, 4) is 33.6 Å². The van der Waals surface area contributed by atoms with Crippen molar-refractivity contribution in [2.24, 2.45) is 0 Å². The van der Waals surface area contributed by atoms with Crippen LogP contribution in [-0.2, 0) is 0 Å². The number of nitrogens with zero attached hydrogens (tertiary/aromatic N) is 2. The summed E-state index contributed by atoms with van der Waals surface area (Å²) in [5.41, 5.74) is 12.6. The van der Waals surface area contributed by atoms with E-state index >= 15 is 0 Å². The minimum atomic E-state index is 1.17. The summed E-state index contributed by atoms with van der Waals surface area (Å²) in [6.45, 7) is 0. The summed E-state index contributed by atoms with van der Waals surface area (Å²) in [7, 11) is 0. The van der Waals surface area contributed by atoms with Gasteiger partial charge in [-0.25, -0.2) is 0 Å². The number of fused-ring (bicyclic) bond motifs is 12. The fourth-order valence-electron chi connectivity index (χ4n) is 8.42. The number of benzene rings is 8. The second-order valence-corrected chi connectivity index (χ2v) is 12.5. The van der Waals surface area contributed by atoms with E-state index in [9.17, 15) is 0 Å². The Balaban J connectivity index is 1.34. The maximum Gasteiger partial charge on any atom is 0.0641 e. The highest BCUT2D eigenvalue weighted by atomic mass is 15.0. The van der Waals surface area contributed by atoms with Crippen LogP contribution < -0.4 is 0 Å². The predicted molar refractivity (Wildman–Crippen MR) is 195 cm³/mol. The summed E-state index contributed by atoms with van der Waals surface area (Å²) < 4.78 is 4.99. The fraction of sp³-hybridized carbons (Fsp3) is 0. The van der Waals surface area contributed by atoms with Gasteiger partial charge in [0.25, 0.3) is 0 Å². The lowest BCUT2D eigenvalue weighted by Crippen LogP contribution is -1.96. The lowest BCUT2D eigenvalue weighted by atomic mass is 10.0. The van der Waals surface area contributed by atoms with Gasteiger partial charge in [0.05, 0.1) is 27.8 Å². The molecule has 212 valence electrons. The molecule has 0 N–H and O–H groups in total. The third-order valence-corrected chi connectivity index (χ3v) is 10.2. The van der Waals surface area contributed by atoms with E-state index in [0.29, 0.717) is 0 Å². The van der Waals surface area contributed by atoms with Gasteiger partial charge in [0.2, 0.25) is 0 Å². The summed E-state index contributed by atoms with van der Waals surface area (Å²) >= 11 is 0. The highest BCUT2D eigenvalue weighted by molar-refractivity contribution is 6.30. The van der Waals surface area contributed by atoms with Crippen LogP contribution in [0.1, 0.15) is 0 Å². The van der Waals surface area contributed by atoms with E-state index < -0.39 is 0 Å². The molecule has 2 nitrogen and oxygen atoms in total. The van der Waals surface area contributed by atoms with Crippen LogP contribution in [0.25, 0.3) is 98.8 Å². The quantitative estimate of drug-likeness (QED) is 0.192. The van der Waals surface area contributed by atoms with Crippen LogP contribution in [0.3, 0.4) is 0 Å². The van der Waals surface area contributed by atoms with E-state index in [1.807, 2.05) is 0 Å². The van der Waals surface area contributed by atoms with E-state index in [0.717, 1.165) is 0 Å². The minimum absolute atomic E-state index is 1.17. The predicted octanol–water partition coefficient (Wildman–Crippen LogP) is 11.8. The van der Waals surface area contributed by atoms with E-state index in [1.165, 1.54) is 98.8 Å².